The second-order valence-electron chi connectivity index (χ2n) is 5.47. The second-order valence-corrected chi connectivity index (χ2v) is 5.91. The fraction of sp³-hybridized carbons (Fsp3) is 0.294. The molecule has 1 aliphatic carbocycles. The first kappa shape index (κ1) is 13.0. The molecule has 4 heteroatoms. The van der Waals surface area contributed by atoms with E-state index in [-0.39, 0.29) is 6.10 Å². The minimum Gasteiger partial charge on any atom is -0.466 e. The van der Waals surface area contributed by atoms with Gasteiger partial charge >= 0.3 is 0 Å². The number of rotatable bonds is 1. The number of nitrogens with zero attached hydrogens (tertiary/aromatic N) is 1. The molecular formula is C17H17ClN2O. The van der Waals surface area contributed by atoms with Gasteiger partial charge in [-0.25, -0.2) is 0 Å². The highest BCUT2D eigenvalue weighted by Gasteiger charge is 2.25. The van der Waals surface area contributed by atoms with Crippen molar-refractivity contribution < 1.29 is 4.74 Å². The number of benzene rings is 1. The van der Waals surface area contributed by atoms with E-state index in [4.69, 9.17) is 16.3 Å². The summed E-state index contributed by atoms with van der Waals surface area (Å²) in [7, 11) is 0. The number of hydrogen-bond acceptors (Lipinski definition) is 3. The Morgan fingerprint density at radius 1 is 1.14 bits per heavy atom. The molecule has 3 aliphatic rings. The first-order valence-electron chi connectivity index (χ1n) is 7.34. The lowest BCUT2D eigenvalue weighted by molar-refractivity contribution is 0.162. The predicted molar refractivity (Wildman–Crippen MR) is 85.1 cm³/mol. The smallest absolute Gasteiger partial charge is 0.198 e. The van der Waals surface area contributed by atoms with Gasteiger partial charge in [-0.3, -0.25) is 0 Å². The minimum absolute atomic E-state index is 0.00793. The van der Waals surface area contributed by atoms with Crippen LogP contribution in [0.15, 0.2) is 42.5 Å². The van der Waals surface area contributed by atoms with Gasteiger partial charge < -0.3 is 15.0 Å². The number of nitrogens with one attached hydrogen (secondary N) is 1. The van der Waals surface area contributed by atoms with Gasteiger partial charge in [-0.2, -0.15) is 0 Å². The van der Waals surface area contributed by atoms with Crippen molar-refractivity contribution in [1.29, 1.82) is 0 Å². The summed E-state index contributed by atoms with van der Waals surface area (Å²) in [5.41, 5.74) is 1.21. The fourth-order valence-corrected chi connectivity index (χ4v) is 3.28. The summed E-state index contributed by atoms with van der Waals surface area (Å²) in [4.78, 5) is 2.31. The highest BCUT2D eigenvalue weighted by Crippen LogP contribution is 2.23. The summed E-state index contributed by atoms with van der Waals surface area (Å²) in [6.07, 6.45) is 8.35. The molecule has 0 bridgehead atoms. The van der Waals surface area contributed by atoms with E-state index < -0.39 is 0 Å². The molecule has 1 fully saturated rings. The number of fused-ring (bicyclic) bond motifs is 2. The van der Waals surface area contributed by atoms with Crippen LogP contribution in [0.5, 0.6) is 0 Å². The third kappa shape index (κ3) is 2.27. The summed E-state index contributed by atoms with van der Waals surface area (Å²) >= 11 is 6.22. The van der Waals surface area contributed by atoms with Crippen molar-refractivity contribution in [3.05, 3.63) is 58.0 Å². The molecule has 0 aromatic heterocycles. The number of hydrogen-bond donors (Lipinski definition) is 1. The summed E-state index contributed by atoms with van der Waals surface area (Å²) < 4.78 is 6.29. The van der Waals surface area contributed by atoms with E-state index >= 15 is 0 Å². The van der Waals surface area contributed by atoms with Gasteiger partial charge in [0.1, 0.15) is 6.10 Å². The fourth-order valence-electron chi connectivity index (χ4n) is 3.11. The Bertz CT molecular complexity index is 745. The lowest BCUT2D eigenvalue weighted by Gasteiger charge is -2.35. The van der Waals surface area contributed by atoms with Gasteiger partial charge in [0.2, 0.25) is 0 Å². The Kier molecular flexibility index (Phi) is 3.24. The monoisotopic (exact) mass is 300 g/mol. The molecule has 4 rings (SSSR count). The van der Waals surface area contributed by atoms with Crippen LogP contribution in [0.4, 0.5) is 0 Å². The Morgan fingerprint density at radius 2 is 2.00 bits per heavy atom. The molecule has 1 saturated heterocycles. The van der Waals surface area contributed by atoms with E-state index in [0.717, 1.165) is 42.3 Å². The van der Waals surface area contributed by atoms with Crippen LogP contribution in [0.1, 0.15) is 0 Å². The number of halogens is 1. The van der Waals surface area contributed by atoms with E-state index in [0.29, 0.717) is 0 Å². The van der Waals surface area contributed by atoms with E-state index in [1.165, 1.54) is 10.8 Å². The molecule has 1 atom stereocenters. The molecule has 2 heterocycles. The molecule has 0 radical (unpaired) electrons. The van der Waals surface area contributed by atoms with Crippen LogP contribution in [-0.4, -0.2) is 37.2 Å². The maximum atomic E-state index is 6.29. The molecule has 1 aromatic rings. The van der Waals surface area contributed by atoms with Gasteiger partial charge in [-0.1, -0.05) is 35.9 Å². The molecule has 1 aromatic carbocycles. The van der Waals surface area contributed by atoms with Crippen molar-refractivity contribution in [2.24, 2.45) is 0 Å². The van der Waals surface area contributed by atoms with Crippen LogP contribution < -0.4 is 15.8 Å². The first-order chi connectivity index (χ1) is 10.3. The zero-order valence-corrected chi connectivity index (χ0v) is 12.4. The largest absolute Gasteiger partial charge is 0.466 e. The molecule has 0 saturated carbocycles. The van der Waals surface area contributed by atoms with Crippen LogP contribution in [0.3, 0.4) is 0 Å². The van der Waals surface area contributed by atoms with Crippen LogP contribution in [0, 0.1) is 0 Å². The molecule has 0 amide bonds. The number of piperazine rings is 1. The van der Waals surface area contributed by atoms with Crippen LogP contribution in [0.2, 0.25) is 5.02 Å². The standard InChI is InChI=1S/C17H17ClN2O/c18-12-5-6-13-14-3-1-2-4-16(14)21-17(15(13)11-12)20-9-7-19-8-10-20/h1-6,11,16,19H,7-10H2. The van der Waals surface area contributed by atoms with Gasteiger partial charge in [-0.05, 0) is 23.4 Å². The van der Waals surface area contributed by atoms with Gasteiger partial charge in [0.25, 0.3) is 0 Å². The van der Waals surface area contributed by atoms with Crippen molar-refractivity contribution in [2.75, 3.05) is 26.2 Å². The Morgan fingerprint density at radius 3 is 2.86 bits per heavy atom. The zero-order chi connectivity index (χ0) is 14.2. The zero-order valence-electron chi connectivity index (χ0n) is 11.7. The predicted octanol–water partition coefficient (Wildman–Crippen LogP) is 0.986. The maximum absolute atomic E-state index is 6.29. The van der Waals surface area contributed by atoms with Gasteiger partial charge in [0.15, 0.2) is 5.88 Å². The van der Waals surface area contributed by atoms with Crippen molar-refractivity contribution in [3.63, 3.8) is 0 Å². The van der Waals surface area contributed by atoms with E-state index in [1.54, 1.807) is 0 Å². The Labute approximate surface area is 128 Å². The van der Waals surface area contributed by atoms with Crippen LogP contribution in [-0.2, 0) is 4.74 Å². The molecule has 21 heavy (non-hydrogen) atoms. The molecule has 108 valence electrons. The molecule has 3 nitrogen and oxygen atoms in total. The molecule has 2 aliphatic heterocycles. The lowest BCUT2D eigenvalue weighted by atomic mass is 9.98. The Balaban J connectivity index is 1.96. The minimum atomic E-state index is 0.00793. The van der Waals surface area contributed by atoms with Gasteiger partial charge in [0.05, 0.1) is 0 Å². The molecular weight excluding hydrogens is 284 g/mol. The average molecular weight is 301 g/mol. The highest BCUT2D eigenvalue weighted by atomic mass is 35.5. The van der Waals surface area contributed by atoms with Crippen molar-refractivity contribution >= 4 is 23.1 Å². The SMILES string of the molecule is Clc1ccc2c(c1)=C(N1CCNCC1)OC1C=CC=CC=21. The van der Waals surface area contributed by atoms with Crippen molar-refractivity contribution in [3.8, 4) is 0 Å². The third-order valence-electron chi connectivity index (χ3n) is 4.15. The summed E-state index contributed by atoms with van der Waals surface area (Å²) in [6, 6.07) is 6.08. The van der Waals surface area contributed by atoms with Crippen molar-refractivity contribution in [1.82, 2.24) is 10.2 Å². The van der Waals surface area contributed by atoms with Crippen LogP contribution in [0.25, 0.3) is 11.5 Å². The highest BCUT2D eigenvalue weighted by molar-refractivity contribution is 6.30. The average Bonchev–Trinajstić information content (AvgIpc) is 2.54. The third-order valence-corrected chi connectivity index (χ3v) is 4.38. The topological polar surface area (TPSA) is 24.5 Å². The summed E-state index contributed by atoms with van der Waals surface area (Å²) in [6.45, 7) is 3.89. The quantitative estimate of drug-likeness (QED) is 0.837. The van der Waals surface area contributed by atoms with E-state index in [1.807, 2.05) is 18.2 Å². The molecule has 0 spiro atoms. The number of ether oxygens (including phenoxy) is 1. The Hall–Kier alpha value is -1.71. The van der Waals surface area contributed by atoms with Gasteiger partial charge in [0, 0.05) is 42.0 Å². The molecule has 1 N–H and O–H groups in total. The maximum Gasteiger partial charge on any atom is 0.198 e. The van der Waals surface area contributed by atoms with Crippen molar-refractivity contribution in [2.45, 2.75) is 6.10 Å². The normalized spacial score (nSPS) is 23.7. The molecule has 1 unspecified atom stereocenters. The van der Waals surface area contributed by atoms with Crippen LogP contribution >= 0.6 is 11.6 Å². The van der Waals surface area contributed by atoms with Gasteiger partial charge in [-0.15, -0.1) is 0 Å². The van der Waals surface area contributed by atoms with E-state index in [2.05, 4.69) is 34.5 Å². The number of allylic oxidation sites excluding steroid dienone is 2. The first-order valence-corrected chi connectivity index (χ1v) is 7.72. The summed E-state index contributed by atoms with van der Waals surface area (Å²) in [5.74, 6) is 0.961. The lowest BCUT2D eigenvalue weighted by Crippen LogP contribution is -2.49. The van der Waals surface area contributed by atoms with E-state index in [9.17, 15) is 0 Å². The second kappa shape index (κ2) is 5.24. The summed E-state index contributed by atoms with van der Waals surface area (Å²) in [5, 5.41) is 6.46.